The molecule has 0 aromatic heterocycles. The fraction of sp³-hybridized carbons (Fsp3) is 0.259. The molecule has 5 heteroatoms. The molecule has 1 amide bonds. The van der Waals surface area contributed by atoms with Gasteiger partial charge in [0.25, 0.3) is 0 Å². The Balaban J connectivity index is 2.75. The number of benzene rings is 1. The zero-order valence-electron chi connectivity index (χ0n) is 20.3. The van der Waals surface area contributed by atoms with E-state index in [0.29, 0.717) is 17.8 Å². The van der Waals surface area contributed by atoms with E-state index in [9.17, 15) is 4.79 Å². The molecule has 0 aliphatic heterocycles. The molecule has 0 unspecified atom stereocenters. The lowest BCUT2D eigenvalue weighted by Crippen LogP contribution is -2.23. The Morgan fingerprint density at radius 1 is 1.03 bits per heavy atom. The van der Waals surface area contributed by atoms with Crippen LogP contribution in [0.15, 0.2) is 96.5 Å². The summed E-state index contributed by atoms with van der Waals surface area (Å²) in [6, 6.07) is 8.13. The number of amides is 1. The highest BCUT2D eigenvalue weighted by atomic mass is 16.2. The average molecular weight is 433 g/mol. The molecule has 170 valence electrons. The first-order chi connectivity index (χ1) is 15.0. The largest absolute Gasteiger partial charge is 0.378 e. The van der Waals surface area contributed by atoms with Crippen molar-refractivity contribution in [2.45, 2.75) is 27.2 Å². The van der Waals surface area contributed by atoms with E-state index in [1.165, 1.54) is 4.90 Å². The molecule has 0 heterocycles. The maximum Gasteiger partial charge on any atom is 0.226 e. The molecule has 0 bridgehead atoms. The normalized spacial score (nSPS) is 11.8. The Morgan fingerprint density at radius 3 is 2.16 bits per heavy atom. The minimum absolute atomic E-state index is 0.00988. The van der Waals surface area contributed by atoms with E-state index < -0.39 is 0 Å². The molecular formula is C27H36N4O. The second kappa shape index (κ2) is 12.3. The Bertz CT molecular complexity index is 975. The number of aliphatic imine (C=N–C) groups is 1. The lowest BCUT2D eigenvalue weighted by molar-refractivity contribution is -0.127. The summed E-state index contributed by atoms with van der Waals surface area (Å²) in [6.45, 7) is 21.7. The van der Waals surface area contributed by atoms with E-state index in [4.69, 9.17) is 0 Å². The third-order valence-corrected chi connectivity index (χ3v) is 4.82. The number of likely N-dealkylation sites (N-methyl/N-ethyl adjacent to an activating group) is 1. The summed E-state index contributed by atoms with van der Waals surface area (Å²) in [5, 5.41) is 3.21. The summed E-state index contributed by atoms with van der Waals surface area (Å²) in [5.41, 5.74) is 6.46. The zero-order chi connectivity index (χ0) is 24.4. The van der Waals surface area contributed by atoms with Gasteiger partial charge in [0.15, 0.2) is 0 Å². The number of rotatable bonds is 11. The van der Waals surface area contributed by atoms with Crippen molar-refractivity contribution in [2.75, 3.05) is 26.0 Å². The summed E-state index contributed by atoms with van der Waals surface area (Å²) in [4.78, 5) is 19.9. The lowest BCUT2D eigenvalue weighted by Gasteiger charge is -2.16. The zero-order valence-corrected chi connectivity index (χ0v) is 20.3. The fourth-order valence-electron chi connectivity index (χ4n) is 2.71. The minimum atomic E-state index is 0.00988. The van der Waals surface area contributed by atoms with Crippen LogP contribution in [-0.4, -0.2) is 37.7 Å². The molecule has 1 rings (SSSR count). The van der Waals surface area contributed by atoms with Gasteiger partial charge in [-0.2, -0.15) is 0 Å². The highest BCUT2D eigenvalue weighted by molar-refractivity contribution is 6.00. The first-order valence-electron chi connectivity index (χ1n) is 10.4. The first kappa shape index (κ1) is 26.4. The van der Waals surface area contributed by atoms with Crippen molar-refractivity contribution in [3.05, 3.63) is 97.0 Å². The third-order valence-electron chi connectivity index (χ3n) is 4.82. The Kier molecular flexibility index (Phi) is 10.2. The molecule has 5 nitrogen and oxygen atoms in total. The van der Waals surface area contributed by atoms with E-state index >= 15 is 0 Å². The predicted octanol–water partition coefficient (Wildman–Crippen LogP) is 5.69. The number of carbonyl (C=O) groups excluding carboxylic acids is 1. The van der Waals surface area contributed by atoms with Crippen LogP contribution in [0.3, 0.4) is 0 Å². The quantitative estimate of drug-likeness (QED) is 0.361. The summed E-state index contributed by atoms with van der Waals surface area (Å²) in [7, 11) is 5.72. The van der Waals surface area contributed by atoms with Gasteiger partial charge in [0.2, 0.25) is 5.91 Å². The Morgan fingerprint density at radius 2 is 1.62 bits per heavy atom. The smallest absolute Gasteiger partial charge is 0.226 e. The third kappa shape index (κ3) is 8.26. The molecule has 0 saturated carbocycles. The number of anilines is 1. The van der Waals surface area contributed by atoms with Gasteiger partial charge in [0.1, 0.15) is 0 Å². The SMILES string of the molecule is C=C(/C=C(\C)N=C(C)C(=C)/C=C\C(=C)N(C)C(=O)CC)NC(=C)c1ccc(N(C)C)cc1. The average Bonchev–Trinajstić information content (AvgIpc) is 2.75. The molecule has 0 spiro atoms. The van der Waals surface area contributed by atoms with Crippen molar-refractivity contribution >= 4 is 23.0 Å². The van der Waals surface area contributed by atoms with Crippen molar-refractivity contribution < 1.29 is 4.79 Å². The molecule has 0 atom stereocenters. The Hall–Kier alpha value is -3.60. The van der Waals surface area contributed by atoms with Gasteiger partial charge in [-0.25, -0.2) is 0 Å². The maximum atomic E-state index is 11.7. The molecule has 0 saturated heterocycles. The summed E-state index contributed by atoms with van der Waals surface area (Å²) in [6.07, 6.45) is 5.85. The van der Waals surface area contributed by atoms with Gasteiger partial charge >= 0.3 is 0 Å². The van der Waals surface area contributed by atoms with Gasteiger partial charge in [-0.05, 0) is 49.3 Å². The van der Waals surface area contributed by atoms with Crippen molar-refractivity contribution in [1.82, 2.24) is 10.2 Å². The molecule has 0 aliphatic carbocycles. The van der Waals surface area contributed by atoms with Crippen LogP contribution in [0.5, 0.6) is 0 Å². The van der Waals surface area contributed by atoms with E-state index in [-0.39, 0.29) is 5.91 Å². The topological polar surface area (TPSA) is 47.9 Å². The van der Waals surface area contributed by atoms with Crippen LogP contribution in [0, 0.1) is 0 Å². The molecule has 0 aliphatic rings. The molecule has 1 aromatic carbocycles. The van der Waals surface area contributed by atoms with Gasteiger partial charge in [0, 0.05) is 61.8 Å². The lowest BCUT2D eigenvalue weighted by atomic mass is 10.1. The van der Waals surface area contributed by atoms with Crippen LogP contribution in [0.4, 0.5) is 5.69 Å². The Labute approximate surface area is 193 Å². The van der Waals surface area contributed by atoms with E-state index in [1.807, 2.05) is 70.1 Å². The molecule has 0 radical (unpaired) electrons. The molecular weight excluding hydrogens is 396 g/mol. The second-order valence-electron chi connectivity index (χ2n) is 7.71. The monoisotopic (exact) mass is 432 g/mol. The highest BCUT2D eigenvalue weighted by Crippen LogP contribution is 2.17. The summed E-state index contributed by atoms with van der Waals surface area (Å²) in [5.74, 6) is 0.00988. The van der Waals surface area contributed by atoms with E-state index in [0.717, 1.165) is 33.9 Å². The number of hydrogen-bond donors (Lipinski definition) is 1. The summed E-state index contributed by atoms with van der Waals surface area (Å²) >= 11 is 0. The number of hydrogen-bond acceptors (Lipinski definition) is 4. The van der Waals surface area contributed by atoms with Crippen LogP contribution in [0.25, 0.3) is 5.70 Å². The number of carbonyl (C=O) groups is 1. The highest BCUT2D eigenvalue weighted by Gasteiger charge is 2.07. The van der Waals surface area contributed by atoms with Crippen LogP contribution in [0.2, 0.25) is 0 Å². The number of allylic oxidation sites excluding steroid dienone is 5. The molecule has 1 N–H and O–H groups in total. The fourth-order valence-corrected chi connectivity index (χ4v) is 2.71. The molecule has 0 fully saturated rings. The van der Waals surface area contributed by atoms with Gasteiger partial charge in [-0.3, -0.25) is 9.79 Å². The maximum absolute atomic E-state index is 11.7. The molecule has 1 aromatic rings. The van der Waals surface area contributed by atoms with Crippen molar-refractivity contribution in [2.24, 2.45) is 4.99 Å². The summed E-state index contributed by atoms with van der Waals surface area (Å²) < 4.78 is 0. The predicted molar refractivity (Wildman–Crippen MR) is 139 cm³/mol. The van der Waals surface area contributed by atoms with Gasteiger partial charge in [0.05, 0.1) is 0 Å². The van der Waals surface area contributed by atoms with Crippen molar-refractivity contribution in [1.29, 1.82) is 0 Å². The van der Waals surface area contributed by atoms with Crippen LogP contribution >= 0.6 is 0 Å². The van der Waals surface area contributed by atoms with E-state index in [2.05, 4.69) is 36.6 Å². The second-order valence-corrected chi connectivity index (χ2v) is 7.71. The molecule has 32 heavy (non-hydrogen) atoms. The van der Waals surface area contributed by atoms with Gasteiger partial charge in [-0.15, -0.1) is 0 Å². The number of nitrogens with zero attached hydrogens (tertiary/aromatic N) is 3. The standard InChI is InChI=1S/C27H36N4O/c1-11-27(32)31(10)22(5)13-12-19(2)23(6)28-20(3)18-21(4)29-24(7)25-14-16-26(17-15-25)30(8)9/h12-18,29H,2,4-5,7,11H2,1,3,6,8-10H3/b13-12-,20-18+,28-23?. The van der Waals surface area contributed by atoms with Crippen LogP contribution in [0.1, 0.15) is 32.8 Å². The van der Waals surface area contributed by atoms with E-state index in [1.54, 1.807) is 19.2 Å². The minimum Gasteiger partial charge on any atom is -0.378 e. The van der Waals surface area contributed by atoms with Gasteiger partial charge in [-0.1, -0.05) is 51.4 Å². The van der Waals surface area contributed by atoms with Crippen LogP contribution < -0.4 is 10.2 Å². The van der Waals surface area contributed by atoms with Crippen LogP contribution in [-0.2, 0) is 4.79 Å². The van der Waals surface area contributed by atoms with Crippen molar-refractivity contribution in [3.8, 4) is 0 Å². The van der Waals surface area contributed by atoms with Crippen molar-refractivity contribution in [3.63, 3.8) is 0 Å². The number of nitrogens with one attached hydrogen (secondary N) is 1. The first-order valence-corrected chi connectivity index (χ1v) is 10.4. The van der Waals surface area contributed by atoms with Gasteiger partial charge < -0.3 is 15.1 Å².